The van der Waals surface area contributed by atoms with Crippen molar-refractivity contribution in [2.24, 2.45) is 0 Å². The summed E-state index contributed by atoms with van der Waals surface area (Å²) >= 11 is 6.17. The molecule has 0 saturated carbocycles. The number of hydrogen-bond acceptors (Lipinski definition) is 4. The molecule has 1 aromatic heterocycles. The number of nitrogens with zero attached hydrogens (tertiary/aromatic N) is 4. The zero-order chi connectivity index (χ0) is 18.6. The van der Waals surface area contributed by atoms with Gasteiger partial charge in [0, 0.05) is 18.1 Å². The van der Waals surface area contributed by atoms with E-state index in [9.17, 15) is 4.79 Å². The van der Waals surface area contributed by atoms with Crippen molar-refractivity contribution in [2.45, 2.75) is 19.3 Å². The minimum atomic E-state index is -0.308. The lowest BCUT2D eigenvalue weighted by molar-refractivity contribution is 0.102. The van der Waals surface area contributed by atoms with Crippen molar-refractivity contribution >= 4 is 28.9 Å². The number of nitrogens with one attached hydrogen (secondary N) is 1. The van der Waals surface area contributed by atoms with Gasteiger partial charge < -0.3 is 10.2 Å². The smallest absolute Gasteiger partial charge is 0.277 e. The minimum absolute atomic E-state index is 0.253. The summed E-state index contributed by atoms with van der Waals surface area (Å²) in [4.78, 5) is 15.0. The topological polar surface area (TPSA) is 63.1 Å². The number of rotatable bonds is 4. The maximum Gasteiger partial charge on any atom is 0.277 e. The number of halogens is 1. The van der Waals surface area contributed by atoms with Gasteiger partial charge in [-0.15, -0.1) is 5.10 Å². The standard InChI is InChI=1S/C20H20ClN5O/c21-15-9-10-19(25-11-5-2-6-12-25)17(13-15)22-20(27)18-14-26(24-23-18)16-7-3-1-4-8-16/h1,3-4,7-10,13-14H,2,5-6,11-12H2,(H,22,27). The van der Waals surface area contributed by atoms with E-state index in [1.165, 1.54) is 6.42 Å². The normalized spacial score (nSPS) is 14.2. The lowest BCUT2D eigenvalue weighted by Gasteiger charge is -2.30. The van der Waals surface area contributed by atoms with Gasteiger partial charge in [-0.25, -0.2) is 4.68 Å². The highest BCUT2D eigenvalue weighted by molar-refractivity contribution is 6.31. The molecule has 1 aliphatic heterocycles. The molecule has 1 amide bonds. The van der Waals surface area contributed by atoms with E-state index in [0.717, 1.165) is 37.3 Å². The molecular formula is C20H20ClN5O. The Morgan fingerprint density at radius 3 is 2.59 bits per heavy atom. The second kappa shape index (κ2) is 7.80. The first-order chi connectivity index (χ1) is 13.2. The van der Waals surface area contributed by atoms with Crippen LogP contribution in [0.1, 0.15) is 29.8 Å². The van der Waals surface area contributed by atoms with Crippen molar-refractivity contribution < 1.29 is 4.79 Å². The monoisotopic (exact) mass is 381 g/mol. The highest BCUT2D eigenvalue weighted by Gasteiger charge is 2.18. The summed E-state index contributed by atoms with van der Waals surface area (Å²) in [7, 11) is 0. The third kappa shape index (κ3) is 3.95. The number of anilines is 2. The number of aromatic nitrogens is 3. The first kappa shape index (κ1) is 17.5. The molecule has 7 heteroatoms. The molecule has 1 saturated heterocycles. The van der Waals surface area contributed by atoms with Gasteiger partial charge in [-0.2, -0.15) is 0 Å². The number of benzene rings is 2. The van der Waals surface area contributed by atoms with E-state index in [2.05, 4.69) is 20.5 Å². The lowest BCUT2D eigenvalue weighted by atomic mass is 10.1. The molecule has 1 fully saturated rings. The van der Waals surface area contributed by atoms with Gasteiger partial charge in [0.15, 0.2) is 5.69 Å². The van der Waals surface area contributed by atoms with Gasteiger partial charge in [0.1, 0.15) is 0 Å². The Balaban J connectivity index is 1.56. The van der Waals surface area contributed by atoms with Gasteiger partial charge in [0.05, 0.1) is 23.3 Å². The van der Waals surface area contributed by atoms with E-state index < -0.39 is 0 Å². The summed E-state index contributed by atoms with van der Waals surface area (Å²) in [5, 5.41) is 11.6. The van der Waals surface area contributed by atoms with E-state index in [-0.39, 0.29) is 11.6 Å². The summed E-state index contributed by atoms with van der Waals surface area (Å²) in [6, 6.07) is 15.2. The fourth-order valence-electron chi connectivity index (χ4n) is 3.28. The van der Waals surface area contributed by atoms with Crippen molar-refractivity contribution in [1.82, 2.24) is 15.0 Å². The molecule has 0 atom stereocenters. The van der Waals surface area contributed by atoms with Gasteiger partial charge in [0.25, 0.3) is 5.91 Å². The van der Waals surface area contributed by atoms with Crippen LogP contribution in [0.5, 0.6) is 0 Å². The van der Waals surface area contributed by atoms with Gasteiger partial charge in [-0.3, -0.25) is 4.79 Å². The average molecular weight is 382 g/mol. The molecule has 0 spiro atoms. The molecule has 138 valence electrons. The van der Waals surface area contributed by atoms with Crippen molar-refractivity contribution in [2.75, 3.05) is 23.3 Å². The SMILES string of the molecule is O=C(Nc1cc(Cl)ccc1N1CCCCC1)c1cn(-c2ccccc2)nn1. The van der Waals surface area contributed by atoms with Gasteiger partial charge in [-0.1, -0.05) is 35.0 Å². The summed E-state index contributed by atoms with van der Waals surface area (Å²) in [6.07, 6.45) is 5.17. The number of carbonyl (C=O) groups excluding carboxylic acids is 1. The van der Waals surface area contributed by atoms with E-state index >= 15 is 0 Å². The largest absolute Gasteiger partial charge is 0.370 e. The van der Waals surface area contributed by atoms with Crippen molar-refractivity contribution in [3.8, 4) is 5.69 Å². The molecule has 0 radical (unpaired) electrons. The third-order valence-electron chi connectivity index (χ3n) is 4.65. The fourth-order valence-corrected chi connectivity index (χ4v) is 3.45. The summed E-state index contributed by atoms with van der Waals surface area (Å²) in [5.41, 5.74) is 2.79. The Morgan fingerprint density at radius 1 is 1.04 bits per heavy atom. The first-order valence-electron chi connectivity index (χ1n) is 9.04. The zero-order valence-electron chi connectivity index (χ0n) is 14.8. The number of piperidine rings is 1. The van der Waals surface area contributed by atoms with Crippen LogP contribution in [0, 0.1) is 0 Å². The first-order valence-corrected chi connectivity index (χ1v) is 9.42. The van der Waals surface area contributed by atoms with Crippen molar-refractivity contribution in [3.63, 3.8) is 0 Å². The van der Waals surface area contributed by atoms with Crippen molar-refractivity contribution in [3.05, 3.63) is 65.4 Å². The molecule has 1 N–H and O–H groups in total. The number of para-hydroxylation sites is 1. The molecular weight excluding hydrogens is 362 g/mol. The number of amides is 1. The maximum atomic E-state index is 12.7. The van der Waals surface area contributed by atoms with Crippen LogP contribution < -0.4 is 10.2 Å². The van der Waals surface area contributed by atoms with Gasteiger partial charge in [0.2, 0.25) is 0 Å². The quantitative estimate of drug-likeness (QED) is 0.737. The second-order valence-electron chi connectivity index (χ2n) is 6.55. The maximum absolute atomic E-state index is 12.7. The Labute approximate surface area is 162 Å². The number of hydrogen-bond donors (Lipinski definition) is 1. The zero-order valence-corrected chi connectivity index (χ0v) is 15.6. The Morgan fingerprint density at radius 2 is 1.81 bits per heavy atom. The van der Waals surface area contributed by atoms with Gasteiger partial charge >= 0.3 is 0 Å². The van der Waals surface area contributed by atoms with Crippen LogP contribution >= 0.6 is 11.6 Å². The molecule has 1 aliphatic rings. The molecule has 4 rings (SSSR count). The summed E-state index contributed by atoms with van der Waals surface area (Å²) in [5.74, 6) is -0.308. The van der Waals surface area contributed by atoms with E-state index in [1.807, 2.05) is 42.5 Å². The highest BCUT2D eigenvalue weighted by atomic mass is 35.5. The summed E-state index contributed by atoms with van der Waals surface area (Å²) in [6.45, 7) is 1.96. The highest BCUT2D eigenvalue weighted by Crippen LogP contribution is 2.31. The molecule has 0 bridgehead atoms. The van der Waals surface area contributed by atoms with Crippen LogP contribution in [0.3, 0.4) is 0 Å². The van der Waals surface area contributed by atoms with Crippen LogP contribution in [0.2, 0.25) is 5.02 Å². The van der Waals surface area contributed by atoms with Crippen LogP contribution in [0.15, 0.2) is 54.7 Å². The molecule has 27 heavy (non-hydrogen) atoms. The van der Waals surface area contributed by atoms with Crippen LogP contribution in [0.25, 0.3) is 5.69 Å². The van der Waals surface area contributed by atoms with E-state index in [1.54, 1.807) is 16.9 Å². The van der Waals surface area contributed by atoms with Crippen LogP contribution in [0.4, 0.5) is 11.4 Å². The van der Waals surface area contributed by atoms with Gasteiger partial charge in [-0.05, 0) is 49.6 Å². The third-order valence-corrected chi connectivity index (χ3v) is 4.89. The van der Waals surface area contributed by atoms with Crippen molar-refractivity contribution in [1.29, 1.82) is 0 Å². The molecule has 6 nitrogen and oxygen atoms in total. The fraction of sp³-hybridized carbons (Fsp3) is 0.250. The van der Waals surface area contributed by atoms with E-state index in [4.69, 9.17) is 11.6 Å². The predicted octanol–water partition coefficient (Wildman–Crippen LogP) is 4.16. The van der Waals surface area contributed by atoms with E-state index in [0.29, 0.717) is 10.7 Å². The Kier molecular flexibility index (Phi) is 5.07. The number of carbonyl (C=O) groups is 1. The molecule has 0 aliphatic carbocycles. The second-order valence-corrected chi connectivity index (χ2v) is 6.98. The van der Waals surface area contributed by atoms with Crippen LogP contribution in [-0.4, -0.2) is 34.0 Å². The Bertz CT molecular complexity index is 935. The lowest BCUT2D eigenvalue weighted by Crippen LogP contribution is -2.30. The Hall–Kier alpha value is -2.86. The molecule has 3 aromatic rings. The average Bonchev–Trinajstić information content (AvgIpc) is 3.20. The molecule has 2 aromatic carbocycles. The van der Waals surface area contributed by atoms with Crippen LogP contribution in [-0.2, 0) is 0 Å². The minimum Gasteiger partial charge on any atom is -0.370 e. The molecule has 0 unspecified atom stereocenters. The summed E-state index contributed by atoms with van der Waals surface area (Å²) < 4.78 is 1.58. The predicted molar refractivity (Wildman–Crippen MR) is 107 cm³/mol. The molecule has 2 heterocycles.